The molecule has 0 saturated heterocycles. The van der Waals surface area contributed by atoms with Crippen molar-refractivity contribution in [2.24, 2.45) is 29.6 Å². The Morgan fingerprint density at radius 1 is 0.946 bits per heavy atom. The van der Waals surface area contributed by atoms with Crippen molar-refractivity contribution in [1.29, 1.82) is 0 Å². The Labute approximate surface area is 233 Å². The fourth-order valence-electron chi connectivity index (χ4n) is 7.61. The topological polar surface area (TPSA) is 46.9 Å². The SMILES string of the molecule is Cc1c(C(=O)NCCCC2C3CC4CC(C3)CC2C4)nn(-c2ccc(Cl)cc2)c1-c1ccc(Cl)cc1Cl. The molecule has 0 unspecified atom stereocenters. The predicted molar refractivity (Wildman–Crippen MR) is 151 cm³/mol. The van der Waals surface area contributed by atoms with E-state index in [9.17, 15) is 4.79 Å². The van der Waals surface area contributed by atoms with E-state index in [2.05, 4.69) is 5.32 Å². The van der Waals surface area contributed by atoms with Crippen molar-refractivity contribution in [1.82, 2.24) is 15.1 Å². The summed E-state index contributed by atoms with van der Waals surface area (Å²) in [6.45, 7) is 2.59. The van der Waals surface area contributed by atoms with E-state index in [1.54, 1.807) is 16.8 Å². The molecule has 7 rings (SSSR count). The van der Waals surface area contributed by atoms with Crippen LogP contribution >= 0.6 is 34.8 Å². The molecule has 4 aliphatic rings. The van der Waals surface area contributed by atoms with Gasteiger partial charge in [-0.25, -0.2) is 4.68 Å². The number of carbonyl (C=O) groups is 1. The summed E-state index contributed by atoms with van der Waals surface area (Å²) >= 11 is 18.9. The summed E-state index contributed by atoms with van der Waals surface area (Å²) in [6.07, 6.45) is 9.51. The lowest BCUT2D eigenvalue weighted by Gasteiger charge is -2.54. The lowest BCUT2D eigenvalue weighted by molar-refractivity contribution is -0.0401. The third-order valence-corrected chi connectivity index (χ3v) is 9.82. The number of amides is 1. The molecular formula is C30H32Cl3N3O. The van der Waals surface area contributed by atoms with E-state index in [1.807, 2.05) is 37.3 Å². The lowest BCUT2D eigenvalue weighted by Crippen LogP contribution is -2.45. The number of hydrogen-bond donors (Lipinski definition) is 1. The maximum absolute atomic E-state index is 13.3. The predicted octanol–water partition coefficient (Wildman–Crippen LogP) is 8.39. The molecule has 1 amide bonds. The van der Waals surface area contributed by atoms with Gasteiger partial charge < -0.3 is 5.32 Å². The number of nitrogens with one attached hydrogen (secondary N) is 1. The first kappa shape index (κ1) is 25.3. The Morgan fingerprint density at radius 3 is 2.24 bits per heavy atom. The van der Waals surface area contributed by atoms with Gasteiger partial charge >= 0.3 is 0 Å². The van der Waals surface area contributed by atoms with E-state index in [4.69, 9.17) is 39.9 Å². The molecule has 2 aromatic carbocycles. The number of rotatable bonds is 7. The number of nitrogens with zero attached hydrogens (tertiary/aromatic N) is 2. The highest BCUT2D eigenvalue weighted by molar-refractivity contribution is 6.36. The highest BCUT2D eigenvalue weighted by atomic mass is 35.5. The van der Waals surface area contributed by atoms with E-state index in [0.29, 0.717) is 27.3 Å². The maximum Gasteiger partial charge on any atom is 0.272 e. The van der Waals surface area contributed by atoms with Crippen LogP contribution in [0.1, 0.15) is 61.0 Å². The molecule has 0 aliphatic heterocycles. The zero-order valence-electron chi connectivity index (χ0n) is 21.0. The van der Waals surface area contributed by atoms with E-state index < -0.39 is 0 Å². The molecule has 4 saturated carbocycles. The summed E-state index contributed by atoms with van der Waals surface area (Å²) in [5.74, 6) is 4.56. The molecular weight excluding hydrogens is 525 g/mol. The van der Waals surface area contributed by atoms with Crippen LogP contribution in [-0.4, -0.2) is 22.2 Å². The van der Waals surface area contributed by atoms with Gasteiger partial charge in [0.05, 0.1) is 16.4 Å². The molecule has 4 bridgehead atoms. The standard InChI is InChI=1S/C30H32Cl3N3O/c1-17-28(30(37)34-10-2-3-25-20-12-18-11-19(14-20)15-21(25)13-18)35-36(24-7-4-22(31)5-8-24)29(17)26-9-6-23(32)16-27(26)33/h4-9,16,18-21,25H,2-3,10-15H2,1H3,(H,34,37). The van der Waals surface area contributed by atoms with Gasteiger partial charge in [0, 0.05) is 27.7 Å². The number of aromatic nitrogens is 2. The van der Waals surface area contributed by atoms with Crippen LogP contribution in [0.15, 0.2) is 42.5 Å². The normalized spacial score (nSPS) is 26.0. The zero-order valence-corrected chi connectivity index (χ0v) is 23.3. The smallest absolute Gasteiger partial charge is 0.272 e. The second-order valence-corrected chi connectivity index (χ2v) is 12.6. The Bertz CT molecular complexity index is 1290. The number of carbonyl (C=O) groups excluding carboxylic acids is 1. The maximum atomic E-state index is 13.3. The lowest BCUT2D eigenvalue weighted by atomic mass is 9.51. The molecule has 0 radical (unpaired) electrons. The molecule has 0 spiro atoms. The van der Waals surface area contributed by atoms with E-state index in [-0.39, 0.29) is 5.91 Å². The average Bonchev–Trinajstić information content (AvgIpc) is 3.20. The van der Waals surface area contributed by atoms with Gasteiger partial charge in [0.15, 0.2) is 5.69 Å². The Morgan fingerprint density at radius 2 is 1.59 bits per heavy atom. The van der Waals surface area contributed by atoms with Gasteiger partial charge in [-0.15, -0.1) is 0 Å². The third kappa shape index (κ3) is 4.93. The molecule has 37 heavy (non-hydrogen) atoms. The van der Waals surface area contributed by atoms with Crippen LogP contribution in [0, 0.1) is 36.5 Å². The summed E-state index contributed by atoms with van der Waals surface area (Å²) in [4.78, 5) is 13.3. The second kappa shape index (κ2) is 10.3. The summed E-state index contributed by atoms with van der Waals surface area (Å²) in [5, 5.41) is 9.60. The zero-order chi connectivity index (χ0) is 25.7. The number of halogens is 3. The van der Waals surface area contributed by atoms with Crippen LogP contribution in [0.3, 0.4) is 0 Å². The van der Waals surface area contributed by atoms with Crippen molar-refractivity contribution >= 4 is 40.7 Å². The monoisotopic (exact) mass is 555 g/mol. The first-order valence-electron chi connectivity index (χ1n) is 13.5. The van der Waals surface area contributed by atoms with E-state index in [0.717, 1.165) is 58.5 Å². The van der Waals surface area contributed by atoms with E-state index >= 15 is 0 Å². The Hall–Kier alpha value is -2.01. The van der Waals surface area contributed by atoms with Gasteiger partial charge in [-0.2, -0.15) is 5.10 Å². The fraction of sp³-hybridized carbons (Fsp3) is 0.467. The average molecular weight is 557 g/mol. The minimum absolute atomic E-state index is 0.151. The molecule has 4 fully saturated rings. The number of benzene rings is 2. The Kier molecular flexibility index (Phi) is 7.02. The minimum Gasteiger partial charge on any atom is -0.351 e. The van der Waals surface area contributed by atoms with Crippen LogP contribution in [-0.2, 0) is 0 Å². The van der Waals surface area contributed by atoms with Gasteiger partial charge in [0.25, 0.3) is 5.91 Å². The largest absolute Gasteiger partial charge is 0.351 e. The van der Waals surface area contributed by atoms with Crippen LogP contribution in [0.2, 0.25) is 15.1 Å². The van der Waals surface area contributed by atoms with Gasteiger partial charge in [-0.05, 0) is 124 Å². The molecule has 4 aliphatic carbocycles. The van der Waals surface area contributed by atoms with Crippen molar-refractivity contribution in [2.45, 2.75) is 51.9 Å². The highest BCUT2D eigenvalue weighted by Crippen LogP contribution is 2.57. The first-order chi connectivity index (χ1) is 17.9. The van der Waals surface area contributed by atoms with Crippen LogP contribution in [0.5, 0.6) is 0 Å². The molecule has 4 nitrogen and oxygen atoms in total. The van der Waals surface area contributed by atoms with Crippen molar-refractivity contribution in [2.75, 3.05) is 6.54 Å². The van der Waals surface area contributed by atoms with Crippen molar-refractivity contribution in [3.05, 3.63) is 68.8 Å². The summed E-state index contributed by atoms with van der Waals surface area (Å²) in [5.41, 5.74) is 3.52. The summed E-state index contributed by atoms with van der Waals surface area (Å²) in [6, 6.07) is 12.8. The van der Waals surface area contributed by atoms with Crippen LogP contribution in [0.25, 0.3) is 16.9 Å². The molecule has 1 aromatic heterocycles. The molecule has 0 atom stereocenters. The van der Waals surface area contributed by atoms with Gasteiger partial charge in [0.1, 0.15) is 0 Å². The summed E-state index contributed by atoms with van der Waals surface area (Å²) in [7, 11) is 0. The first-order valence-corrected chi connectivity index (χ1v) is 14.6. The molecule has 7 heteroatoms. The number of hydrogen-bond acceptors (Lipinski definition) is 2. The molecule has 3 aromatic rings. The molecule has 194 valence electrons. The fourth-order valence-corrected chi connectivity index (χ4v) is 8.24. The highest BCUT2D eigenvalue weighted by Gasteiger charge is 2.47. The van der Waals surface area contributed by atoms with Gasteiger partial charge in [-0.1, -0.05) is 34.8 Å². The summed E-state index contributed by atoms with van der Waals surface area (Å²) < 4.78 is 1.77. The quantitative estimate of drug-likeness (QED) is 0.297. The molecule has 1 N–H and O–H groups in total. The minimum atomic E-state index is -0.151. The van der Waals surface area contributed by atoms with Gasteiger partial charge in [0.2, 0.25) is 0 Å². The Balaban J connectivity index is 1.19. The van der Waals surface area contributed by atoms with Crippen molar-refractivity contribution in [3.63, 3.8) is 0 Å². The van der Waals surface area contributed by atoms with Gasteiger partial charge in [-0.3, -0.25) is 4.79 Å². The van der Waals surface area contributed by atoms with E-state index in [1.165, 1.54) is 38.5 Å². The van der Waals surface area contributed by atoms with Crippen molar-refractivity contribution < 1.29 is 4.79 Å². The van der Waals surface area contributed by atoms with Crippen molar-refractivity contribution in [3.8, 4) is 16.9 Å². The second-order valence-electron chi connectivity index (χ2n) is 11.3. The van der Waals surface area contributed by atoms with Crippen LogP contribution in [0.4, 0.5) is 0 Å². The van der Waals surface area contributed by atoms with Crippen LogP contribution < -0.4 is 5.32 Å². The molecule has 1 heterocycles. The third-order valence-electron chi connectivity index (χ3n) is 9.02.